The minimum atomic E-state index is 0.0209. The molecular formula is C24H28N4O. The molecule has 0 fully saturated rings. The lowest BCUT2D eigenvalue weighted by Crippen LogP contribution is -2.39. The summed E-state index contributed by atoms with van der Waals surface area (Å²) in [7, 11) is 0. The minimum absolute atomic E-state index is 0.0209. The van der Waals surface area contributed by atoms with Crippen LogP contribution < -0.4 is 10.6 Å². The Bertz CT molecular complexity index is 897. The second-order valence-electron chi connectivity index (χ2n) is 6.78. The monoisotopic (exact) mass is 388 g/mol. The highest BCUT2D eigenvalue weighted by Crippen LogP contribution is 2.18. The molecule has 0 saturated heterocycles. The van der Waals surface area contributed by atoms with E-state index >= 15 is 0 Å². The van der Waals surface area contributed by atoms with Crippen LogP contribution >= 0.6 is 0 Å². The average molecular weight is 389 g/mol. The molecule has 150 valence electrons. The number of hydrogen-bond acceptors (Lipinski definition) is 3. The van der Waals surface area contributed by atoms with E-state index < -0.39 is 0 Å². The van der Waals surface area contributed by atoms with Crippen molar-refractivity contribution >= 4 is 5.96 Å². The Hall–Kier alpha value is -3.18. The van der Waals surface area contributed by atoms with Crippen LogP contribution in [0.3, 0.4) is 0 Å². The molecule has 0 spiro atoms. The molecular weight excluding hydrogens is 360 g/mol. The van der Waals surface area contributed by atoms with Crippen LogP contribution in [0.5, 0.6) is 0 Å². The molecule has 1 heterocycles. The molecule has 0 amide bonds. The van der Waals surface area contributed by atoms with Gasteiger partial charge in [0.1, 0.15) is 0 Å². The van der Waals surface area contributed by atoms with E-state index in [2.05, 4.69) is 33.8 Å². The Morgan fingerprint density at radius 3 is 2.55 bits per heavy atom. The second-order valence-corrected chi connectivity index (χ2v) is 6.78. The Kier molecular flexibility index (Phi) is 7.78. The summed E-state index contributed by atoms with van der Waals surface area (Å²) in [6.45, 7) is 4.07. The number of nitrogens with one attached hydrogen (secondary N) is 2. The van der Waals surface area contributed by atoms with E-state index in [4.69, 9.17) is 4.99 Å². The molecule has 3 rings (SSSR count). The number of hydrogen-bond donors (Lipinski definition) is 3. The van der Waals surface area contributed by atoms with Gasteiger partial charge in [-0.2, -0.15) is 0 Å². The smallest absolute Gasteiger partial charge is 0.191 e. The zero-order valence-corrected chi connectivity index (χ0v) is 16.8. The van der Waals surface area contributed by atoms with Crippen molar-refractivity contribution in [3.05, 3.63) is 90.1 Å². The molecule has 0 radical (unpaired) electrons. The van der Waals surface area contributed by atoms with Gasteiger partial charge in [-0.3, -0.25) is 4.98 Å². The molecule has 1 aromatic heterocycles. The van der Waals surface area contributed by atoms with Crippen molar-refractivity contribution in [1.29, 1.82) is 0 Å². The molecule has 1 atom stereocenters. The minimum Gasteiger partial charge on any atom is -0.396 e. The fourth-order valence-corrected chi connectivity index (χ4v) is 3.11. The molecule has 0 bridgehead atoms. The maximum Gasteiger partial charge on any atom is 0.191 e. The first-order chi connectivity index (χ1) is 14.3. The highest BCUT2D eigenvalue weighted by atomic mass is 16.3. The lowest BCUT2D eigenvalue weighted by Gasteiger charge is -2.18. The van der Waals surface area contributed by atoms with E-state index in [1.807, 2.05) is 61.5 Å². The zero-order valence-electron chi connectivity index (χ0n) is 16.8. The molecule has 1 unspecified atom stereocenters. The number of pyridine rings is 1. The lowest BCUT2D eigenvalue weighted by molar-refractivity contribution is 0.265. The Morgan fingerprint density at radius 1 is 1.00 bits per heavy atom. The van der Waals surface area contributed by atoms with Gasteiger partial charge in [0, 0.05) is 30.8 Å². The van der Waals surface area contributed by atoms with Crippen molar-refractivity contribution in [1.82, 2.24) is 15.6 Å². The van der Waals surface area contributed by atoms with E-state index in [1.165, 1.54) is 0 Å². The number of guanidine groups is 1. The Balaban J connectivity index is 1.66. The van der Waals surface area contributed by atoms with Crippen LogP contribution in [0.2, 0.25) is 0 Å². The van der Waals surface area contributed by atoms with Crippen LogP contribution in [0, 0.1) is 0 Å². The summed E-state index contributed by atoms with van der Waals surface area (Å²) < 4.78 is 0. The molecule has 3 aromatic rings. The summed E-state index contributed by atoms with van der Waals surface area (Å²) in [5.41, 5.74) is 4.27. The number of aliphatic imine (C=N–C) groups is 1. The van der Waals surface area contributed by atoms with Crippen LogP contribution in [-0.4, -0.2) is 35.7 Å². The molecule has 5 heteroatoms. The predicted molar refractivity (Wildman–Crippen MR) is 119 cm³/mol. The number of benzene rings is 2. The summed E-state index contributed by atoms with van der Waals surface area (Å²) in [6.07, 6.45) is 1.80. The number of aliphatic hydroxyl groups is 1. The van der Waals surface area contributed by atoms with E-state index in [1.54, 1.807) is 6.20 Å². The Labute approximate surface area is 172 Å². The topological polar surface area (TPSA) is 69.5 Å². The normalized spacial score (nSPS) is 12.4. The third kappa shape index (κ3) is 6.16. The summed E-state index contributed by atoms with van der Waals surface area (Å²) in [5.74, 6) is 0.762. The van der Waals surface area contributed by atoms with Gasteiger partial charge < -0.3 is 15.7 Å². The number of nitrogens with zero attached hydrogens (tertiary/aromatic N) is 2. The molecule has 5 nitrogen and oxygen atoms in total. The van der Waals surface area contributed by atoms with Gasteiger partial charge in [-0.25, -0.2) is 4.99 Å². The van der Waals surface area contributed by atoms with E-state index in [-0.39, 0.29) is 12.5 Å². The maximum atomic E-state index is 9.76. The van der Waals surface area contributed by atoms with E-state index in [9.17, 15) is 5.11 Å². The average Bonchev–Trinajstić information content (AvgIpc) is 2.79. The standard InChI is InChI=1S/C24H28N4O/c1-2-25-24(28-17-22(18-29)20-10-4-3-5-11-20)27-16-19-9-8-12-21(15-19)23-13-6-7-14-26-23/h3-15,22,29H,2,16-18H2,1H3,(H2,25,27,28). The van der Waals surface area contributed by atoms with Crippen LogP contribution in [-0.2, 0) is 6.54 Å². The van der Waals surface area contributed by atoms with Crippen LogP contribution in [0.4, 0.5) is 0 Å². The number of aliphatic hydroxyl groups excluding tert-OH is 1. The van der Waals surface area contributed by atoms with Gasteiger partial charge in [0.25, 0.3) is 0 Å². The molecule has 0 saturated carbocycles. The first-order valence-electron chi connectivity index (χ1n) is 9.98. The van der Waals surface area contributed by atoms with Crippen molar-refractivity contribution < 1.29 is 5.11 Å². The van der Waals surface area contributed by atoms with Gasteiger partial charge in [-0.05, 0) is 36.2 Å². The van der Waals surface area contributed by atoms with E-state index in [0.717, 1.165) is 34.9 Å². The highest BCUT2D eigenvalue weighted by molar-refractivity contribution is 5.79. The Morgan fingerprint density at radius 2 is 1.83 bits per heavy atom. The SMILES string of the molecule is CCNC(=NCc1cccc(-c2ccccn2)c1)NCC(CO)c1ccccc1. The first-order valence-corrected chi connectivity index (χ1v) is 9.98. The molecule has 0 aliphatic heterocycles. The molecule has 2 aromatic carbocycles. The maximum absolute atomic E-state index is 9.76. The fourth-order valence-electron chi connectivity index (χ4n) is 3.11. The van der Waals surface area contributed by atoms with Gasteiger partial charge in [0.15, 0.2) is 5.96 Å². The van der Waals surface area contributed by atoms with Gasteiger partial charge in [-0.15, -0.1) is 0 Å². The second kappa shape index (κ2) is 11.0. The predicted octanol–water partition coefficient (Wildman–Crippen LogP) is 3.58. The molecule has 29 heavy (non-hydrogen) atoms. The van der Waals surface area contributed by atoms with Crippen LogP contribution in [0.25, 0.3) is 11.3 Å². The third-order valence-corrected chi connectivity index (χ3v) is 4.66. The molecule has 0 aliphatic rings. The van der Waals surface area contributed by atoms with Gasteiger partial charge in [0.2, 0.25) is 0 Å². The summed E-state index contributed by atoms with van der Waals surface area (Å²) in [5, 5.41) is 16.4. The molecule has 0 aliphatic carbocycles. The lowest BCUT2D eigenvalue weighted by atomic mass is 10.0. The van der Waals surface area contributed by atoms with Crippen molar-refractivity contribution in [3.63, 3.8) is 0 Å². The van der Waals surface area contributed by atoms with Crippen molar-refractivity contribution in [2.75, 3.05) is 19.7 Å². The van der Waals surface area contributed by atoms with Gasteiger partial charge in [0.05, 0.1) is 18.8 Å². The number of aromatic nitrogens is 1. The van der Waals surface area contributed by atoms with Gasteiger partial charge in [-0.1, -0.05) is 54.6 Å². The third-order valence-electron chi connectivity index (χ3n) is 4.66. The van der Waals surface area contributed by atoms with Crippen molar-refractivity contribution in [3.8, 4) is 11.3 Å². The van der Waals surface area contributed by atoms with Crippen LogP contribution in [0.15, 0.2) is 84.0 Å². The van der Waals surface area contributed by atoms with Crippen LogP contribution in [0.1, 0.15) is 24.0 Å². The summed E-state index contributed by atoms with van der Waals surface area (Å²) in [6, 6.07) is 24.2. The van der Waals surface area contributed by atoms with E-state index in [0.29, 0.717) is 13.1 Å². The highest BCUT2D eigenvalue weighted by Gasteiger charge is 2.10. The zero-order chi connectivity index (χ0) is 20.3. The van der Waals surface area contributed by atoms with Gasteiger partial charge >= 0.3 is 0 Å². The van der Waals surface area contributed by atoms with Crippen molar-refractivity contribution in [2.24, 2.45) is 4.99 Å². The van der Waals surface area contributed by atoms with Crippen molar-refractivity contribution in [2.45, 2.75) is 19.4 Å². The first kappa shape index (κ1) is 20.6. The number of rotatable bonds is 8. The fraction of sp³-hybridized carbons (Fsp3) is 0.250. The quantitative estimate of drug-likeness (QED) is 0.408. The summed E-state index contributed by atoms with van der Waals surface area (Å²) in [4.78, 5) is 9.13. The summed E-state index contributed by atoms with van der Waals surface area (Å²) >= 11 is 0. The molecule has 3 N–H and O–H groups in total. The largest absolute Gasteiger partial charge is 0.396 e.